The number of pyridine rings is 1. The lowest BCUT2D eigenvalue weighted by molar-refractivity contribution is -0.133. The second-order valence-electron chi connectivity index (χ2n) is 11.0. The van der Waals surface area contributed by atoms with Gasteiger partial charge < -0.3 is 9.80 Å². The molecule has 212 valence electrons. The first-order chi connectivity index (χ1) is 19.4. The first-order valence-corrected chi connectivity index (χ1v) is 14.6. The number of benzene rings is 1. The zero-order chi connectivity index (χ0) is 28.1. The number of carbonyl (C=O) groups excluding carboxylic acids is 2. The molecule has 2 amide bonds. The summed E-state index contributed by atoms with van der Waals surface area (Å²) in [6.45, 7) is 8.83. The summed E-state index contributed by atoms with van der Waals surface area (Å²) in [6, 6.07) is 12.8. The molecule has 0 N–H and O–H groups in total. The molecule has 9 nitrogen and oxygen atoms in total. The van der Waals surface area contributed by atoms with Crippen LogP contribution in [-0.2, 0) is 29.2 Å². The first kappa shape index (κ1) is 28.0. The number of para-hydroxylation sites is 1. The zero-order valence-electron chi connectivity index (χ0n) is 24.0. The molecule has 2 atom stereocenters. The van der Waals surface area contributed by atoms with Crippen molar-refractivity contribution in [3.63, 3.8) is 0 Å². The number of piperidine rings is 1. The molecule has 0 spiro atoms. The van der Waals surface area contributed by atoms with E-state index < -0.39 is 0 Å². The van der Waals surface area contributed by atoms with Crippen molar-refractivity contribution in [2.24, 2.45) is 0 Å². The number of hydrogen-bond donors (Lipinski definition) is 0. The van der Waals surface area contributed by atoms with Crippen molar-refractivity contribution in [2.75, 3.05) is 18.0 Å². The van der Waals surface area contributed by atoms with E-state index in [4.69, 9.17) is 0 Å². The average molecular weight is 544 g/mol. The van der Waals surface area contributed by atoms with E-state index in [0.717, 1.165) is 55.1 Å². The largest absolute Gasteiger partial charge is 0.337 e. The number of hydrogen-bond acceptors (Lipinski definition) is 6. The maximum absolute atomic E-state index is 13.9. The number of carbonyl (C=O) groups is 2. The molecule has 2 aliphatic rings. The highest BCUT2D eigenvalue weighted by Crippen LogP contribution is 2.32. The Morgan fingerprint density at radius 2 is 1.75 bits per heavy atom. The van der Waals surface area contributed by atoms with Crippen LogP contribution in [0.2, 0.25) is 0 Å². The standard InChI is InChI=1S/C31H41N7O2/c1-4-30(39)36-18-14-27-9-7-10-28(37(27)20-25-12-16-32-17-13-25)22-35(21-26-8-5-6-11-29(26)36)31(40)15-19-38-24(3)33-23(2)34-38/h5-6,8,11-13,16-17,27-28H,4,7,9-10,14-15,18-22H2,1-3H3. The Bertz CT molecular complexity index is 1310. The molecule has 0 radical (unpaired) electrons. The summed E-state index contributed by atoms with van der Waals surface area (Å²) in [7, 11) is 0. The normalized spacial score (nSPS) is 20.1. The van der Waals surface area contributed by atoms with Gasteiger partial charge >= 0.3 is 0 Å². The Kier molecular flexibility index (Phi) is 8.89. The fourth-order valence-electron chi connectivity index (χ4n) is 6.29. The van der Waals surface area contributed by atoms with Gasteiger partial charge in [0.1, 0.15) is 11.6 Å². The second kappa shape index (κ2) is 12.7. The van der Waals surface area contributed by atoms with Gasteiger partial charge in [0.25, 0.3) is 0 Å². The molecule has 1 saturated heterocycles. The van der Waals surface area contributed by atoms with E-state index in [1.807, 2.05) is 65.8 Å². The zero-order valence-corrected chi connectivity index (χ0v) is 24.0. The van der Waals surface area contributed by atoms with Crippen molar-refractivity contribution < 1.29 is 9.59 Å². The number of amides is 2. The Morgan fingerprint density at radius 1 is 0.975 bits per heavy atom. The monoisotopic (exact) mass is 543 g/mol. The van der Waals surface area contributed by atoms with Crippen LogP contribution in [0.5, 0.6) is 0 Å². The minimum atomic E-state index is 0.0981. The topological polar surface area (TPSA) is 87.5 Å². The van der Waals surface area contributed by atoms with Crippen molar-refractivity contribution >= 4 is 17.5 Å². The van der Waals surface area contributed by atoms with Gasteiger partial charge in [0.15, 0.2) is 0 Å². The molecule has 2 bridgehead atoms. The Morgan fingerprint density at radius 3 is 2.50 bits per heavy atom. The summed E-state index contributed by atoms with van der Waals surface area (Å²) in [5.41, 5.74) is 3.16. The molecule has 0 aliphatic carbocycles. The van der Waals surface area contributed by atoms with Gasteiger partial charge in [-0.2, -0.15) is 5.10 Å². The number of fused-ring (bicyclic) bond motifs is 3. The molecule has 0 saturated carbocycles. The molecule has 5 rings (SSSR count). The third-order valence-corrected chi connectivity index (χ3v) is 8.34. The molecule has 1 fully saturated rings. The van der Waals surface area contributed by atoms with Crippen LogP contribution in [0.15, 0.2) is 48.8 Å². The third-order valence-electron chi connectivity index (χ3n) is 8.34. The van der Waals surface area contributed by atoms with Crippen molar-refractivity contribution in [1.82, 2.24) is 29.5 Å². The van der Waals surface area contributed by atoms with Gasteiger partial charge in [-0.1, -0.05) is 31.5 Å². The Labute approximate surface area is 237 Å². The number of anilines is 1. The Hall–Kier alpha value is -3.59. The van der Waals surface area contributed by atoms with E-state index in [1.165, 1.54) is 5.56 Å². The SMILES string of the molecule is CCC(=O)N1CCC2CCCC(CN(C(=O)CCn3nc(C)nc3C)Cc3ccccc31)N2Cc1ccncc1. The van der Waals surface area contributed by atoms with Gasteiger partial charge in [0.2, 0.25) is 11.8 Å². The molecule has 2 aliphatic heterocycles. The van der Waals surface area contributed by atoms with Crippen LogP contribution in [0, 0.1) is 13.8 Å². The number of rotatable bonds is 6. The summed E-state index contributed by atoms with van der Waals surface area (Å²) in [6.07, 6.45) is 8.66. The molecule has 4 heterocycles. The summed E-state index contributed by atoms with van der Waals surface area (Å²) >= 11 is 0. The fourth-order valence-corrected chi connectivity index (χ4v) is 6.29. The molecular weight excluding hydrogens is 502 g/mol. The van der Waals surface area contributed by atoms with E-state index in [-0.39, 0.29) is 17.9 Å². The van der Waals surface area contributed by atoms with Gasteiger partial charge in [-0.05, 0) is 62.4 Å². The minimum Gasteiger partial charge on any atom is -0.337 e. The van der Waals surface area contributed by atoms with E-state index in [9.17, 15) is 9.59 Å². The summed E-state index contributed by atoms with van der Waals surface area (Å²) in [5, 5.41) is 4.46. The molecule has 1 aromatic carbocycles. The third kappa shape index (κ3) is 6.41. The molecule has 2 aromatic heterocycles. The van der Waals surface area contributed by atoms with Gasteiger partial charge in [-0.25, -0.2) is 9.67 Å². The van der Waals surface area contributed by atoms with Crippen LogP contribution in [-0.4, -0.2) is 66.5 Å². The van der Waals surface area contributed by atoms with Crippen LogP contribution in [0.1, 0.15) is 68.2 Å². The van der Waals surface area contributed by atoms with Crippen LogP contribution in [0.25, 0.3) is 0 Å². The van der Waals surface area contributed by atoms with Gasteiger partial charge in [-0.15, -0.1) is 0 Å². The second-order valence-corrected chi connectivity index (χ2v) is 11.0. The first-order valence-electron chi connectivity index (χ1n) is 14.6. The predicted octanol–water partition coefficient (Wildman–Crippen LogP) is 4.28. The molecule has 2 unspecified atom stereocenters. The number of nitrogens with zero attached hydrogens (tertiary/aromatic N) is 7. The summed E-state index contributed by atoms with van der Waals surface area (Å²) in [4.78, 5) is 42.3. The van der Waals surface area contributed by atoms with Crippen molar-refractivity contribution in [3.05, 3.63) is 71.6 Å². The van der Waals surface area contributed by atoms with E-state index in [2.05, 4.69) is 38.2 Å². The molecule has 3 aromatic rings. The van der Waals surface area contributed by atoms with E-state index in [1.54, 1.807) is 0 Å². The number of aromatic nitrogens is 4. The Balaban J connectivity index is 1.48. The fraction of sp³-hybridized carbons (Fsp3) is 0.516. The van der Waals surface area contributed by atoms with Crippen LogP contribution >= 0.6 is 0 Å². The lowest BCUT2D eigenvalue weighted by Crippen LogP contribution is -2.52. The van der Waals surface area contributed by atoms with Crippen molar-refractivity contribution in [3.8, 4) is 0 Å². The maximum atomic E-state index is 13.9. The quantitative estimate of drug-likeness (QED) is 0.461. The minimum absolute atomic E-state index is 0.0981. The predicted molar refractivity (Wildman–Crippen MR) is 154 cm³/mol. The van der Waals surface area contributed by atoms with Crippen molar-refractivity contribution in [1.29, 1.82) is 0 Å². The highest BCUT2D eigenvalue weighted by atomic mass is 16.2. The highest BCUT2D eigenvalue weighted by Gasteiger charge is 2.34. The highest BCUT2D eigenvalue weighted by molar-refractivity contribution is 5.94. The van der Waals surface area contributed by atoms with Crippen LogP contribution < -0.4 is 4.90 Å². The number of aryl methyl sites for hydroxylation is 3. The molecule has 40 heavy (non-hydrogen) atoms. The smallest absolute Gasteiger partial charge is 0.226 e. The van der Waals surface area contributed by atoms with Crippen molar-refractivity contribution in [2.45, 2.75) is 91.0 Å². The van der Waals surface area contributed by atoms with Gasteiger partial charge in [-0.3, -0.25) is 19.5 Å². The summed E-state index contributed by atoms with van der Waals surface area (Å²) in [5.74, 6) is 1.76. The van der Waals surface area contributed by atoms with E-state index >= 15 is 0 Å². The van der Waals surface area contributed by atoms with Crippen LogP contribution in [0.4, 0.5) is 5.69 Å². The van der Waals surface area contributed by atoms with E-state index in [0.29, 0.717) is 45.1 Å². The lowest BCUT2D eigenvalue weighted by atomic mass is 9.92. The molecule has 9 heteroatoms. The van der Waals surface area contributed by atoms with Gasteiger partial charge in [0.05, 0.1) is 6.54 Å². The van der Waals surface area contributed by atoms with Gasteiger partial charge in [0, 0.05) is 69.2 Å². The maximum Gasteiger partial charge on any atom is 0.226 e. The lowest BCUT2D eigenvalue weighted by Gasteiger charge is -2.44. The van der Waals surface area contributed by atoms with Crippen LogP contribution in [0.3, 0.4) is 0 Å². The average Bonchev–Trinajstić information content (AvgIpc) is 3.29. The summed E-state index contributed by atoms with van der Waals surface area (Å²) < 4.78 is 1.82. The molecular formula is C31H41N7O2.